The third kappa shape index (κ3) is 9.95. The van der Waals surface area contributed by atoms with Crippen molar-refractivity contribution in [3.05, 3.63) is 47.5 Å². The lowest BCUT2D eigenvalue weighted by atomic mass is 10.3. The molecule has 6 N–H and O–H groups in total. The maximum absolute atomic E-state index is 12.9. The molecule has 18 heteroatoms. The van der Waals surface area contributed by atoms with Crippen LogP contribution in [0.15, 0.2) is 30.9 Å². The lowest BCUT2D eigenvalue weighted by molar-refractivity contribution is -0.681. The van der Waals surface area contributed by atoms with E-state index in [4.69, 9.17) is 52.3 Å². The number of anilines is 2. The first-order chi connectivity index (χ1) is 20.3. The number of allylic oxidation sites excluding steroid dienone is 1. The number of aliphatic carboxylic acids is 1. The summed E-state index contributed by atoms with van der Waals surface area (Å²) in [6, 6.07) is 5.75. The Morgan fingerprint density at radius 1 is 1.19 bits per heavy atom. The minimum absolute atomic E-state index is 0.0307. The van der Waals surface area contributed by atoms with Gasteiger partial charge in [-0.3, -0.25) is 4.79 Å². The van der Waals surface area contributed by atoms with Gasteiger partial charge >= 0.3 is 6.18 Å². The first-order valence-corrected chi connectivity index (χ1v) is 12.8. The Bertz CT molecular complexity index is 1420. The molecule has 3 rings (SSSR count). The summed E-state index contributed by atoms with van der Waals surface area (Å²) < 4.78 is 52.0. The number of alkyl halides is 3. The zero-order valence-electron chi connectivity index (χ0n) is 23.0. The number of amides is 1. The zero-order chi connectivity index (χ0) is 32.2. The molecule has 0 saturated carbocycles. The highest BCUT2D eigenvalue weighted by atomic mass is 35.5. The number of carbonyl (C=O) groups excluding carboxylic acids is 2. The van der Waals surface area contributed by atoms with Crippen LogP contribution in [-0.4, -0.2) is 77.8 Å². The smallest absolute Gasteiger partial charge is 0.430 e. The molecule has 3 aromatic rings. The highest BCUT2D eigenvalue weighted by Crippen LogP contribution is 2.22. The summed E-state index contributed by atoms with van der Waals surface area (Å²) in [5.41, 5.74) is 13.2. The van der Waals surface area contributed by atoms with Gasteiger partial charge in [0.25, 0.3) is 11.7 Å². The van der Waals surface area contributed by atoms with Crippen molar-refractivity contribution in [2.75, 3.05) is 51.6 Å². The Kier molecular flexibility index (Phi) is 13.4. The predicted octanol–water partition coefficient (Wildman–Crippen LogP) is -0.0147. The number of aliphatic hydroxyl groups is 1. The Hall–Kier alpha value is -4.19. The van der Waals surface area contributed by atoms with Crippen molar-refractivity contribution in [2.45, 2.75) is 25.8 Å². The number of hydrogen-bond donors (Lipinski definition) is 4. The van der Waals surface area contributed by atoms with E-state index in [1.54, 1.807) is 13.2 Å². The Balaban J connectivity index is 0.000000821. The van der Waals surface area contributed by atoms with E-state index >= 15 is 0 Å². The molecule has 1 aromatic carbocycles. The van der Waals surface area contributed by atoms with E-state index < -0.39 is 18.1 Å². The summed E-state index contributed by atoms with van der Waals surface area (Å²) in [4.78, 5) is 29.5. The number of nitrogens with one attached hydrogen (secondary N) is 1. The normalized spacial score (nSPS) is 11.1. The monoisotopic (exact) mass is 633 g/mol. The SMILES string of the molecule is C=CCn1c(CNC(=O)c2nc(Cl)c(N)nc2N)[n+](CCOCCOCCO)c2ccc(OC)cc21.O=C([O-])C(F)(F)F. The molecule has 0 bridgehead atoms. The number of fused-ring (bicyclic) bond motifs is 1. The molecule has 0 radical (unpaired) electrons. The topological polar surface area (TPSA) is 204 Å². The maximum atomic E-state index is 12.9. The third-order valence-corrected chi connectivity index (χ3v) is 5.80. The fraction of sp³-hybridized carbons (Fsp3) is 0.400. The molecule has 2 heterocycles. The highest BCUT2D eigenvalue weighted by molar-refractivity contribution is 6.31. The minimum Gasteiger partial charge on any atom is -0.542 e. The predicted molar refractivity (Wildman–Crippen MR) is 146 cm³/mol. The van der Waals surface area contributed by atoms with E-state index in [0.717, 1.165) is 16.9 Å². The van der Waals surface area contributed by atoms with E-state index in [1.807, 2.05) is 22.8 Å². The molecule has 1 amide bonds. The summed E-state index contributed by atoms with van der Waals surface area (Å²) in [5.74, 6) is -2.23. The van der Waals surface area contributed by atoms with E-state index in [1.165, 1.54) is 0 Å². The molecular weight excluding hydrogens is 603 g/mol. The van der Waals surface area contributed by atoms with Gasteiger partial charge in [-0.15, -0.1) is 0 Å². The summed E-state index contributed by atoms with van der Waals surface area (Å²) in [6.07, 6.45) is -3.42. The Labute approximate surface area is 248 Å². The number of nitrogens with zero attached hydrogens (tertiary/aromatic N) is 4. The van der Waals surface area contributed by atoms with Gasteiger partial charge < -0.3 is 46.0 Å². The van der Waals surface area contributed by atoms with Crippen molar-refractivity contribution >= 4 is 46.1 Å². The van der Waals surface area contributed by atoms with Crippen LogP contribution in [0.3, 0.4) is 0 Å². The number of imidazole rings is 1. The third-order valence-electron chi connectivity index (χ3n) is 5.52. The number of methoxy groups -OCH3 is 1. The second-order valence-corrected chi connectivity index (χ2v) is 8.73. The lowest BCUT2D eigenvalue weighted by Gasteiger charge is -2.09. The second kappa shape index (κ2) is 16.4. The number of aromatic nitrogens is 4. The van der Waals surface area contributed by atoms with Crippen molar-refractivity contribution in [1.82, 2.24) is 19.9 Å². The number of halogens is 4. The number of nitrogen functional groups attached to an aromatic ring is 2. The van der Waals surface area contributed by atoms with Crippen LogP contribution in [-0.2, 0) is 33.9 Å². The summed E-state index contributed by atoms with van der Waals surface area (Å²) in [7, 11) is 1.60. The standard InChI is InChI=1S/C23H30ClN7O5.C2HF3O2/c1-3-6-30-17-13-15(34-2)4-5-16(17)31(7-9-35-11-12-36-10-8-32)18(30)14-27-23(33)19-21(25)29-22(26)20(24)28-19;3-2(4,5)1(6)7/h3-5,13,32H,1,6-12,14H2,2H3,(H4-,25,26,27,29,33);(H,6,7). The molecule has 0 fully saturated rings. The molecule has 2 aromatic heterocycles. The highest BCUT2D eigenvalue weighted by Gasteiger charge is 2.29. The van der Waals surface area contributed by atoms with Crippen LogP contribution in [0.1, 0.15) is 16.3 Å². The first-order valence-electron chi connectivity index (χ1n) is 12.5. The first kappa shape index (κ1) is 35.0. The minimum atomic E-state index is -5.19. The van der Waals surface area contributed by atoms with Crippen LogP contribution in [0.25, 0.3) is 11.0 Å². The van der Waals surface area contributed by atoms with Crippen LogP contribution in [0, 0.1) is 0 Å². The van der Waals surface area contributed by atoms with Crippen molar-refractivity contribution in [3.8, 4) is 5.75 Å². The molecule has 43 heavy (non-hydrogen) atoms. The summed E-state index contributed by atoms with van der Waals surface area (Å²) >= 11 is 5.93. The number of aliphatic hydroxyl groups excluding tert-OH is 1. The fourth-order valence-electron chi connectivity index (χ4n) is 3.67. The van der Waals surface area contributed by atoms with Gasteiger partial charge in [0, 0.05) is 6.07 Å². The summed E-state index contributed by atoms with van der Waals surface area (Å²) in [6.45, 7) is 6.44. The molecule has 0 atom stereocenters. The van der Waals surface area contributed by atoms with Gasteiger partial charge in [0.1, 0.15) is 31.4 Å². The van der Waals surface area contributed by atoms with Crippen molar-refractivity contribution in [1.29, 1.82) is 0 Å². The molecule has 0 aliphatic heterocycles. The molecule has 0 aliphatic rings. The van der Waals surface area contributed by atoms with E-state index in [0.29, 0.717) is 38.7 Å². The number of carboxylic acid groups (broad SMARTS) is 1. The van der Waals surface area contributed by atoms with E-state index in [9.17, 15) is 18.0 Å². The number of ether oxygens (including phenoxy) is 3. The lowest BCUT2D eigenvalue weighted by Crippen LogP contribution is -2.43. The van der Waals surface area contributed by atoms with Gasteiger partial charge in [-0.25, -0.2) is 19.1 Å². The van der Waals surface area contributed by atoms with Gasteiger partial charge in [0.2, 0.25) is 0 Å². The number of benzene rings is 1. The van der Waals surface area contributed by atoms with Gasteiger partial charge in [-0.05, 0) is 12.1 Å². The molecule has 0 aliphatic carbocycles. The number of nitrogens with two attached hydrogens (primary N) is 2. The molecule has 14 nitrogen and oxygen atoms in total. The molecule has 0 saturated heterocycles. The molecular formula is C25H31ClF3N7O7. The van der Waals surface area contributed by atoms with Gasteiger partial charge in [-0.2, -0.15) is 13.2 Å². The van der Waals surface area contributed by atoms with Crippen LogP contribution >= 0.6 is 11.6 Å². The molecule has 236 valence electrons. The van der Waals surface area contributed by atoms with Crippen LogP contribution in [0.5, 0.6) is 5.75 Å². The van der Waals surface area contributed by atoms with Crippen LogP contribution < -0.4 is 31.2 Å². The average Bonchev–Trinajstić information content (AvgIpc) is 3.24. The molecule has 0 spiro atoms. The quantitative estimate of drug-likeness (QED) is 0.106. The summed E-state index contributed by atoms with van der Waals surface area (Å²) in [5, 5.41) is 20.3. The van der Waals surface area contributed by atoms with Gasteiger partial charge in [0.05, 0.1) is 40.1 Å². The van der Waals surface area contributed by atoms with Crippen molar-refractivity contribution in [2.24, 2.45) is 0 Å². The number of hydrogen-bond acceptors (Lipinski definition) is 11. The van der Waals surface area contributed by atoms with Gasteiger partial charge in [-0.1, -0.05) is 24.3 Å². The second-order valence-electron chi connectivity index (χ2n) is 8.37. The van der Waals surface area contributed by atoms with E-state index in [2.05, 4.69) is 26.4 Å². The van der Waals surface area contributed by atoms with Crippen LogP contribution in [0.4, 0.5) is 24.8 Å². The largest absolute Gasteiger partial charge is 0.542 e. The van der Waals surface area contributed by atoms with Crippen LogP contribution in [0.2, 0.25) is 5.15 Å². The number of carbonyl (C=O) groups is 2. The fourth-order valence-corrected chi connectivity index (χ4v) is 3.79. The average molecular weight is 634 g/mol. The Morgan fingerprint density at radius 3 is 2.42 bits per heavy atom. The number of carboxylic acids is 1. The zero-order valence-corrected chi connectivity index (χ0v) is 23.8. The van der Waals surface area contributed by atoms with E-state index in [-0.39, 0.29) is 42.2 Å². The van der Waals surface area contributed by atoms with Crippen molar-refractivity contribution in [3.63, 3.8) is 0 Å². The van der Waals surface area contributed by atoms with Gasteiger partial charge in [0.15, 0.2) is 33.5 Å². The number of rotatable bonds is 14. The van der Waals surface area contributed by atoms with Crippen molar-refractivity contribution < 1.29 is 51.8 Å². The Morgan fingerprint density at radius 2 is 1.84 bits per heavy atom. The molecule has 0 unspecified atom stereocenters. The maximum Gasteiger partial charge on any atom is 0.430 e.